The Morgan fingerprint density at radius 2 is 2.30 bits per heavy atom. The van der Waals surface area contributed by atoms with Gasteiger partial charge in [0.05, 0.1) is 11.3 Å². The van der Waals surface area contributed by atoms with E-state index < -0.39 is 4.92 Å². The van der Waals surface area contributed by atoms with E-state index in [1.165, 1.54) is 18.2 Å². The molecule has 1 heterocycles. The summed E-state index contributed by atoms with van der Waals surface area (Å²) in [5, 5.41) is 13.3. The molecule has 104 valence electrons. The Hall–Kier alpha value is -2.41. The fraction of sp³-hybridized carbons (Fsp3) is 0.167. The average molecular weight is 295 g/mol. The molecule has 0 unspecified atom stereocenters. The second kappa shape index (κ2) is 6.16. The number of carbonyl (C=O) groups excluding carboxylic acids is 1. The molecule has 20 heavy (non-hydrogen) atoms. The minimum atomic E-state index is -0.595. The third-order valence-corrected chi connectivity index (χ3v) is 2.94. The lowest BCUT2D eigenvalue weighted by Gasteiger charge is -2.05. The maximum absolute atomic E-state index is 11.8. The molecular weight excluding hydrogens is 284 g/mol. The number of nitro benzene ring substituents is 1. The van der Waals surface area contributed by atoms with Crippen molar-refractivity contribution in [2.24, 2.45) is 0 Å². The van der Waals surface area contributed by atoms with E-state index in [1.54, 1.807) is 12.5 Å². The van der Waals surface area contributed by atoms with Crippen molar-refractivity contribution < 1.29 is 9.72 Å². The molecule has 0 saturated heterocycles. The standard InChI is InChI=1S/C12H11ClN4O3/c13-10-5-8(1-2-11(10)17(19)20)12(18)15-4-3-9-6-14-7-16-9/h1-2,5-7H,3-4H2,(H,14,16)(H,15,18). The van der Waals surface area contributed by atoms with Crippen molar-refractivity contribution in [3.63, 3.8) is 0 Å². The second-order valence-corrected chi connectivity index (χ2v) is 4.41. The minimum Gasteiger partial charge on any atom is -0.352 e. The summed E-state index contributed by atoms with van der Waals surface area (Å²) < 4.78 is 0. The van der Waals surface area contributed by atoms with Crippen LogP contribution < -0.4 is 5.32 Å². The number of nitro groups is 1. The molecule has 7 nitrogen and oxygen atoms in total. The Kier molecular flexibility index (Phi) is 4.31. The smallest absolute Gasteiger partial charge is 0.287 e. The molecule has 0 atom stereocenters. The molecule has 0 spiro atoms. The fourth-order valence-corrected chi connectivity index (χ4v) is 1.88. The molecule has 0 radical (unpaired) electrons. The van der Waals surface area contributed by atoms with Gasteiger partial charge in [0, 0.05) is 36.5 Å². The van der Waals surface area contributed by atoms with Crippen LogP contribution in [0.1, 0.15) is 16.1 Å². The Morgan fingerprint density at radius 1 is 1.50 bits per heavy atom. The summed E-state index contributed by atoms with van der Waals surface area (Å²) in [5.74, 6) is -0.332. The van der Waals surface area contributed by atoms with Gasteiger partial charge in [-0.25, -0.2) is 4.98 Å². The van der Waals surface area contributed by atoms with Gasteiger partial charge >= 0.3 is 0 Å². The summed E-state index contributed by atoms with van der Waals surface area (Å²) in [7, 11) is 0. The molecule has 0 aliphatic carbocycles. The van der Waals surface area contributed by atoms with Crippen LogP contribution in [0.3, 0.4) is 0 Å². The summed E-state index contributed by atoms with van der Waals surface area (Å²) in [6, 6.07) is 3.87. The number of carbonyl (C=O) groups is 1. The number of aromatic amines is 1. The number of amides is 1. The lowest BCUT2D eigenvalue weighted by molar-refractivity contribution is -0.384. The molecule has 2 rings (SSSR count). The molecule has 2 aromatic rings. The molecule has 0 bridgehead atoms. The number of imidazole rings is 1. The molecule has 0 aliphatic heterocycles. The zero-order valence-corrected chi connectivity index (χ0v) is 11.1. The number of hydrogen-bond donors (Lipinski definition) is 2. The van der Waals surface area contributed by atoms with Crippen LogP contribution >= 0.6 is 11.6 Å². The van der Waals surface area contributed by atoms with Crippen LogP contribution in [0.25, 0.3) is 0 Å². The van der Waals surface area contributed by atoms with Crippen molar-refractivity contribution in [2.45, 2.75) is 6.42 Å². The van der Waals surface area contributed by atoms with Crippen molar-refractivity contribution in [1.29, 1.82) is 0 Å². The molecule has 1 amide bonds. The highest BCUT2D eigenvalue weighted by Gasteiger charge is 2.14. The Balaban J connectivity index is 1.95. The van der Waals surface area contributed by atoms with Gasteiger partial charge in [0.25, 0.3) is 11.6 Å². The van der Waals surface area contributed by atoms with Gasteiger partial charge in [-0.15, -0.1) is 0 Å². The van der Waals surface area contributed by atoms with E-state index in [-0.39, 0.29) is 22.2 Å². The van der Waals surface area contributed by atoms with Crippen molar-refractivity contribution in [2.75, 3.05) is 6.54 Å². The van der Waals surface area contributed by atoms with E-state index in [4.69, 9.17) is 11.6 Å². The van der Waals surface area contributed by atoms with E-state index in [9.17, 15) is 14.9 Å². The highest BCUT2D eigenvalue weighted by Crippen LogP contribution is 2.24. The fourth-order valence-electron chi connectivity index (χ4n) is 1.63. The quantitative estimate of drug-likeness (QED) is 0.650. The van der Waals surface area contributed by atoms with Crippen LogP contribution in [0.4, 0.5) is 5.69 Å². The van der Waals surface area contributed by atoms with Gasteiger partial charge in [-0.2, -0.15) is 0 Å². The molecule has 1 aromatic carbocycles. The highest BCUT2D eigenvalue weighted by atomic mass is 35.5. The number of H-pyrrole nitrogens is 1. The first-order chi connectivity index (χ1) is 9.58. The van der Waals surface area contributed by atoms with Gasteiger partial charge in [0.2, 0.25) is 0 Å². The van der Waals surface area contributed by atoms with Crippen molar-refractivity contribution >= 4 is 23.2 Å². The number of aromatic nitrogens is 2. The number of rotatable bonds is 5. The predicted molar refractivity (Wildman–Crippen MR) is 72.7 cm³/mol. The monoisotopic (exact) mass is 294 g/mol. The maximum Gasteiger partial charge on any atom is 0.287 e. The second-order valence-electron chi connectivity index (χ2n) is 4.01. The van der Waals surface area contributed by atoms with E-state index in [0.29, 0.717) is 13.0 Å². The van der Waals surface area contributed by atoms with Gasteiger partial charge in [-0.05, 0) is 12.1 Å². The summed E-state index contributed by atoms with van der Waals surface area (Å²) in [4.78, 5) is 28.7. The van der Waals surface area contributed by atoms with E-state index in [0.717, 1.165) is 5.69 Å². The number of nitrogens with zero attached hydrogens (tertiary/aromatic N) is 2. The van der Waals surface area contributed by atoms with Crippen LogP contribution in [-0.2, 0) is 6.42 Å². The topological polar surface area (TPSA) is 101 Å². The maximum atomic E-state index is 11.8. The molecule has 2 N–H and O–H groups in total. The van der Waals surface area contributed by atoms with Crippen molar-refractivity contribution in [3.05, 3.63) is 57.1 Å². The first-order valence-corrected chi connectivity index (χ1v) is 6.15. The first kappa shape index (κ1) is 14.0. The summed E-state index contributed by atoms with van der Waals surface area (Å²) in [6.07, 6.45) is 3.86. The Bertz CT molecular complexity index is 628. The van der Waals surface area contributed by atoms with Crippen molar-refractivity contribution in [1.82, 2.24) is 15.3 Å². The zero-order chi connectivity index (χ0) is 14.5. The minimum absolute atomic E-state index is 0.0591. The number of halogens is 1. The lowest BCUT2D eigenvalue weighted by Crippen LogP contribution is -2.25. The van der Waals surface area contributed by atoms with E-state index in [1.807, 2.05) is 0 Å². The molecular formula is C12H11ClN4O3. The molecule has 8 heteroatoms. The zero-order valence-electron chi connectivity index (χ0n) is 10.3. The van der Waals surface area contributed by atoms with Gasteiger partial charge in [0.1, 0.15) is 5.02 Å². The summed E-state index contributed by atoms with van der Waals surface area (Å²) >= 11 is 5.75. The first-order valence-electron chi connectivity index (χ1n) is 5.77. The third-order valence-electron chi connectivity index (χ3n) is 2.64. The van der Waals surface area contributed by atoms with E-state index >= 15 is 0 Å². The third kappa shape index (κ3) is 3.33. The van der Waals surface area contributed by atoms with Crippen LogP contribution in [0.2, 0.25) is 5.02 Å². The van der Waals surface area contributed by atoms with Crippen LogP contribution in [0, 0.1) is 10.1 Å². The summed E-state index contributed by atoms with van der Waals surface area (Å²) in [5.41, 5.74) is 0.970. The Labute approximate surface area is 119 Å². The number of benzene rings is 1. The number of nitrogens with one attached hydrogen (secondary N) is 2. The molecule has 0 fully saturated rings. The van der Waals surface area contributed by atoms with Crippen LogP contribution in [0.5, 0.6) is 0 Å². The van der Waals surface area contributed by atoms with Gasteiger partial charge in [0.15, 0.2) is 0 Å². The lowest BCUT2D eigenvalue weighted by atomic mass is 10.2. The molecule has 0 aliphatic rings. The average Bonchev–Trinajstić information content (AvgIpc) is 2.91. The van der Waals surface area contributed by atoms with Crippen LogP contribution in [0.15, 0.2) is 30.7 Å². The molecule has 0 saturated carbocycles. The van der Waals surface area contributed by atoms with E-state index in [2.05, 4.69) is 15.3 Å². The SMILES string of the molecule is O=C(NCCc1cnc[nH]1)c1ccc([N+](=O)[O-])c(Cl)c1. The Morgan fingerprint density at radius 3 is 2.90 bits per heavy atom. The van der Waals surface area contributed by atoms with Gasteiger partial charge in [-0.3, -0.25) is 14.9 Å². The van der Waals surface area contributed by atoms with Crippen LogP contribution in [-0.4, -0.2) is 27.3 Å². The highest BCUT2D eigenvalue weighted by molar-refractivity contribution is 6.33. The normalized spacial score (nSPS) is 10.2. The molecule has 1 aromatic heterocycles. The predicted octanol–water partition coefficient (Wildman–Crippen LogP) is 1.94. The van der Waals surface area contributed by atoms with Crippen molar-refractivity contribution in [3.8, 4) is 0 Å². The number of hydrogen-bond acceptors (Lipinski definition) is 4. The van der Waals surface area contributed by atoms with Gasteiger partial charge in [-0.1, -0.05) is 11.6 Å². The summed E-state index contributed by atoms with van der Waals surface area (Å²) in [6.45, 7) is 0.426. The largest absolute Gasteiger partial charge is 0.352 e. The van der Waals surface area contributed by atoms with Gasteiger partial charge < -0.3 is 10.3 Å².